The topological polar surface area (TPSA) is 49.3 Å². The van der Waals surface area contributed by atoms with Gasteiger partial charge in [-0.05, 0) is 47.7 Å². The molecule has 1 unspecified atom stereocenters. The minimum Gasteiger partial charge on any atom is -0.387 e. The summed E-state index contributed by atoms with van der Waals surface area (Å²) >= 11 is 5.86. The average molecular weight is 380 g/mol. The lowest BCUT2D eigenvalue weighted by molar-refractivity contribution is 0.0915. The van der Waals surface area contributed by atoms with E-state index in [0.717, 1.165) is 24.0 Å². The van der Waals surface area contributed by atoms with Gasteiger partial charge in [0.1, 0.15) is 0 Å². The van der Waals surface area contributed by atoms with Crippen molar-refractivity contribution in [2.24, 2.45) is 0 Å². The minimum absolute atomic E-state index is 0.146. The molecule has 0 aliphatic rings. The van der Waals surface area contributed by atoms with Crippen molar-refractivity contribution in [3.05, 3.63) is 106 Å². The summed E-state index contributed by atoms with van der Waals surface area (Å²) in [7, 11) is 0. The highest BCUT2D eigenvalue weighted by Gasteiger charge is 2.13. The molecule has 0 spiro atoms. The Labute approximate surface area is 164 Å². The lowest BCUT2D eigenvalue weighted by Crippen LogP contribution is -2.29. The summed E-state index contributed by atoms with van der Waals surface area (Å²) < 4.78 is 0. The Balaban J connectivity index is 1.61. The lowest BCUT2D eigenvalue weighted by atomic mass is 9.99. The summed E-state index contributed by atoms with van der Waals surface area (Å²) in [5.74, 6) is -0.174. The van der Waals surface area contributed by atoms with Crippen LogP contribution in [0.5, 0.6) is 0 Å². The van der Waals surface area contributed by atoms with Crippen molar-refractivity contribution < 1.29 is 9.90 Å². The molecule has 0 saturated carbocycles. The van der Waals surface area contributed by atoms with Crippen LogP contribution in [-0.2, 0) is 12.8 Å². The van der Waals surface area contributed by atoms with Crippen LogP contribution >= 0.6 is 11.6 Å². The van der Waals surface area contributed by atoms with Crippen LogP contribution in [0, 0.1) is 0 Å². The first kappa shape index (κ1) is 19.2. The fourth-order valence-electron chi connectivity index (χ4n) is 2.97. The molecule has 0 bridgehead atoms. The second-order valence-corrected chi connectivity index (χ2v) is 6.86. The number of hydrogen-bond acceptors (Lipinski definition) is 2. The second kappa shape index (κ2) is 9.36. The molecule has 1 amide bonds. The number of carbonyl (C=O) groups is 1. The predicted octanol–water partition coefficient (Wildman–Crippen LogP) is 4.59. The number of hydrogen-bond donors (Lipinski definition) is 2. The minimum atomic E-state index is -0.775. The molecule has 0 aliphatic heterocycles. The highest BCUT2D eigenvalue weighted by Crippen LogP contribution is 2.17. The molecular weight excluding hydrogens is 358 g/mol. The third kappa shape index (κ3) is 5.43. The zero-order valence-electron chi connectivity index (χ0n) is 14.9. The third-order valence-corrected chi connectivity index (χ3v) is 4.75. The molecule has 3 nitrogen and oxygen atoms in total. The Bertz CT molecular complexity index is 878. The number of carbonyl (C=O) groups excluding carboxylic acids is 1. The number of aliphatic hydroxyl groups is 1. The molecule has 0 saturated heterocycles. The molecule has 3 rings (SSSR count). The van der Waals surface area contributed by atoms with Gasteiger partial charge in [0.2, 0.25) is 0 Å². The zero-order chi connectivity index (χ0) is 19.1. The van der Waals surface area contributed by atoms with E-state index in [1.807, 2.05) is 42.5 Å². The number of halogens is 1. The van der Waals surface area contributed by atoms with Crippen molar-refractivity contribution in [3.63, 3.8) is 0 Å². The first-order valence-corrected chi connectivity index (χ1v) is 9.35. The summed E-state index contributed by atoms with van der Waals surface area (Å²) in [5.41, 5.74) is 3.61. The van der Waals surface area contributed by atoms with Gasteiger partial charge in [0.15, 0.2) is 0 Å². The third-order valence-electron chi connectivity index (χ3n) is 4.50. The summed E-state index contributed by atoms with van der Waals surface area (Å²) in [6.07, 6.45) is 0.883. The number of nitrogens with one attached hydrogen (secondary N) is 1. The van der Waals surface area contributed by atoms with Gasteiger partial charge in [0.05, 0.1) is 6.10 Å². The van der Waals surface area contributed by atoms with E-state index in [1.165, 1.54) is 5.56 Å². The van der Waals surface area contributed by atoms with Crippen molar-refractivity contribution in [3.8, 4) is 0 Å². The quantitative estimate of drug-likeness (QED) is 0.630. The van der Waals surface area contributed by atoms with Gasteiger partial charge in [0.25, 0.3) is 5.91 Å². The van der Waals surface area contributed by atoms with Crippen LogP contribution < -0.4 is 5.32 Å². The lowest BCUT2D eigenvalue weighted by Gasteiger charge is -2.14. The maximum absolute atomic E-state index is 12.6. The molecule has 0 radical (unpaired) electrons. The Kier molecular flexibility index (Phi) is 6.64. The van der Waals surface area contributed by atoms with Crippen molar-refractivity contribution in [1.29, 1.82) is 0 Å². The highest BCUT2D eigenvalue weighted by atomic mass is 35.5. The molecule has 138 valence electrons. The molecular formula is C23H22ClNO2. The monoisotopic (exact) mass is 379 g/mol. The van der Waals surface area contributed by atoms with Gasteiger partial charge < -0.3 is 10.4 Å². The first-order valence-electron chi connectivity index (χ1n) is 8.97. The van der Waals surface area contributed by atoms with Crippen LogP contribution in [0.25, 0.3) is 0 Å². The van der Waals surface area contributed by atoms with Crippen molar-refractivity contribution in [2.45, 2.75) is 18.9 Å². The molecule has 0 heterocycles. The van der Waals surface area contributed by atoms with Gasteiger partial charge in [-0.2, -0.15) is 0 Å². The van der Waals surface area contributed by atoms with E-state index in [2.05, 4.69) is 17.4 Å². The van der Waals surface area contributed by atoms with Crippen molar-refractivity contribution in [1.82, 2.24) is 5.32 Å². The Hall–Kier alpha value is -2.62. The molecule has 0 aliphatic carbocycles. The van der Waals surface area contributed by atoms with E-state index in [-0.39, 0.29) is 12.5 Å². The van der Waals surface area contributed by atoms with Gasteiger partial charge in [0, 0.05) is 17.1 Å². The van der Waals surface area contributed by atoms with Gasteiger partial charge in [-0.3, -0.25) is 4.79 Å². The van der Waals surface area contributed by atoms with Crippen LogP contribution in [0.4, 0.5) is 0 Å². The van der Waals surface area contributed by atoms with Crippen LogP contribution in [-0.4, -0.2) is 17.6 Å². The molecule has 2 N–H and O–H groups in total. The molecule has 3 aromatic carbocycles. The maximum atomic E-state index is 12.6. The molecule has 3 aromatic rings. The molecule has 0 aromatic heterocycles. The zero-order valence-corrected chi connectivity index (χ0v) is 15.7. The average Bonchev–Trinajstić information content (AvgIpc) is 2.71. The van der Waals surface area contributed by atoms with Gasteiger partial charge >= 0.3 is 0 Å². The summed E-state index contributed by atoms with van der Waals surface area (Å²) in [6.45, 7) is 0.146. The van der Waals surface area contributed by atoms with Crippen LogP contribution in [0.3, 0.4) is 0 Å². The summed E-state index contributed by atoms with van der Waals surface area (Å²) in [6, 6.07) is 24.8. The standard InChI is InChI=1S/C23H22ClNO2/c24-20-14-12-19(13-15-20)22(26)16-25-23(27)21-9-5-4-8-18(21)11-10-17-6-2-1-3-7-17/h1-9,12-15,22,26H,10-11,16H2,(H,25,27). The largest absolute Gasteiger partial charge is 0.387 e. The molecule has 27 heavy (non-hydrogen) atoms. The van der Waals surface area contributed by atoms with Gasteiger partial charge in [-0.1, -0.05) is 72.3 Å². The SMILES string of the molecule is O=C(NCC(O)c1ccc(Cl)cc1)c1ccccc1CCc1ccccc1. The fraction of sp³-hybridized carbons (Fsp3) is 0.174. The first-order chi connectivity index (χ1) is 13.1. The number of rotatable bonds is 7. The Morgan fingerprint density at radius 1 is 0.889 bits per heavy atom. The predicted molar refractivity (Wildman–Crippen MR) is 109 cm³/mol. The van der Waals surface area contributed by atoms with Crippen molar-refractivity contribution >= 4 is 17.5 Å². The molecule has 4 heteroatoms. The van der Waals surface area contributed by atoms with Gasteiger partial charge in [-0.15, -0.1) is 0 Å². The van der Waals surface area contributed by atoms with E-state index in [1.54, 1.807) is 24.3 Å². The van der Waals surface area contributed by atoms with E-state index in [9.17, 15) is 9.90 Å². The molecule has 0 fully saturated rings. The summed E-state index contributed by atoms with van der Waals surface area (Å²) in [4.78, 5) is 12.6. The number of aryl methyl sites for hydroxylation is 2. The van der Waals surface area contributed by atoms with E-state index in [0.29, 0.717) is 10.6 Å². The van der Waals surface area contributed by atoms with Crippen molar-refractivity contribution in [2.75, 3.05) is 6.54 Å². The Morgan fingerprint density at radius 3 is 2.30 bits per heavy atom. The smallest absolute Gasteiger partial charge is 0.251 e. The second-order valence-electron chi connectivity index (χ2n) is 6.42. The fourth-order valence-corrected chi connectivity index (χ4v) is 3.10. The number of amides is 1. The van der Waals surface area contributed by atoms with Gasteiger partial charge in [-0.25, -0.2) is 0 Å². The molecule has 1 atom stereocenters. The Morgan fingerprint density at radius 2 is 1.56 bits per heavy atom. The van der Waals surface area contributed by atoms with E-state index < -0.39 is 6.10 Å². The number of aliphatic hydroxyl groups excluding tert-OH is 1. The van der Waals surface area contributed by atoms with E-state index >= 15 is 0 Å². The summed E-state index contributed by atoms with van der Waals surface area (Å²) in [5, 5.41) is 13.7. The highest BCUT2D eigenvalue weighted by molar-refractivity contribution is 6.30. The normalized spacial score (nSPS) is 11.8. The van der Waals surface area contributed by atoms with Crippen LogP contribution in [0.2, 0.25) is 5.02 Å². The maximum Gasteiger partial charge on any atom is 0.251 e. The van der Waals surface area contributed by atoms with E-state index in [4.69, 9.17) is 11.6 Å². The number of benzene rings is 3. The van der Waals surface area contributed by atoms with Crippen LogP contribution in [0.15, 0.2) is 78.9 Å². The van der Waals surface area contributed by atoms with Crippen LogP contribution in [0.1, 0.15) is 33.2 Å².